The van der Waals surface area contributed by atoms with Crippen molar-refractivity contribution in [2.75, 3.05) is 14.2 Å². The molecule has 0 aliphatic carbocycles. The highest BCUT2D eigenvalue weighted by Crippen LogP contribution is 2.35. The first-order chi connectivity index (χ1) is 14.2. The van der Waals surface area contributed by atoms with Crippen LogP contribution in [0.25, 0.3) is 22.5 Å². The third-order valence-electron chi connectivity index (χ3n) is 4.72. The molecule has 6 heteroatoms. The molecule has 146 valence electrons. The quantitative estimate of drug-likeness (QED) is 0.436. The van der Waals surface area contributed by atoms with Crippen LogP contribution in [0.3, 0.4) is 0 Å². The van der Waals surface area contributed by atoms with Crippen LogP contribution in [0.15, 0.2) is 73.1 Å². The Morgan fingerprint density at radius 1 is 0.862 bits per heavy atom. The number of nitrogens with one attached hydrogen (secondary N) is 1. The molecule has 1 N–H and O–H groups in total. The number of thiol groups is 1. The summed E-state index contributed by atoms with van der Waals surface area (Å²) < 4.78 is 10.6. The zero-order chi connectivity index (χ0) is 20.2. The number of methoxy groups -OCH3 is 2. The summed E-state index contributed by atoms with van der Waals surface area (Å²) in [5.41, 5.74) is 4.77. The monoisotopic (exact) mass is 403 g/mol. The smallest absolute Gasteiger partial charge is 0.124 e. The Morgan fingerprint density at radius 3 is 2.03 bits per heavy atom. The molecule has 2 aromatic carbocycles. The van der Waals surface area contributed by atoms with Crippen LogP contribution in [0.1, 0.15) is 16.6 Å². The molecule has 0 saturated carbocycles. The number of aromatic nitrogens is 3. The molecule has 0 bridgehead atoms. The molecule has 5 nitrogen and oxygen atoms in total. The minimum absolute atomic E-state index is 0.215. The highest BCUT2D eigenvalue weighted by molar-refractivity contribution is 7.80. The minimum Gasteiger partial charge on any atom is -0.497 e. The summed E-state index contributed by atoms with van der Waals surface area (Å²) in [5, 5.41) is -0.215. The summed E-state index contributed by atoms with van der Waals surface area (Å²) in [5.74, 6) is 2.37. The summed E-state index contributed by atoms with van der Waals surface area (Å²) in [6.45, 7) is 0. The summed E-state index contributed by atoms with van der Waals surface area (Å²) in [6, 6.07) is 19.7. The fourth-order valence-electron chi connectivity index (χ4n) is 3.14. The first kappa shape index (κ1) is 19.1. The van der Waals surface area contributed by atoms with Gasteiger partial charge in [-0.1, -0.05) is 6.07 Å². The average molecular weight is 404 g/mol. The molecular formula is C23H21N3O2S. The average Bonchev–Trinajstić information content (AvgIpc) is 3.24. The molecule has 0 spiro atoms. The molecule has 0 fully saturated rings. The second kappa shape index (κ2) is 8.41. The first-order valence-electron chi connectivity index (χ1n) is 9.16. The molecule has 4 rings (SSSR count). The van der Waals surface area contributed by atoms with E-state index < -0.39 is 0 Å². The number of pyridine rings is 1. The Kier molecular flexibility index (Phi) is 5.53. The van der Waals surface area contributed by atoms with Gasteiger partial charge in [0.25, 0.3) is 0 Å². The summed E-state index contributed by atoms with van der Waals surface area (Å²) in [7, 11) is 3.31. The molecule has 0 saturated heterocycles. The fourth-order valence-corrected chi connectivity index (χ4v) is 3.42. The van der Waals surface area contributed by atoms with Gasteiger partial charge in [-0.15, -0.1) is 0 Å². The van der Waals surface area contributed by atoms with E-state index in [0.717, 1.165) is 45.4 Å². The van der Waals surface area contributed by atoms with E-state index in [0.29, 0.717) is 0 Å². The Bertz CT molecular complexity index is 1010. The molecule has 2 aromatic heterocycles. The van der Waals surface area contributed by atoms with Gasteiger partial charge in [0.15, 0.2) is 0 Å². The van der Waals surface area contributed by atoms with Crippen molar-refractivity contribution in [1.29, 1.82) is 0 Å². The molecule has 0 aliphatic rings. The van der Waals surface area contributed by atoms with E-state index >= 15 is 0 Å². The molecule has 1 atom stereocenters. The maximum absolute atomic E-state index is 5.29. The Labute approximate surface area is 175 Å². The van der Waals surface area contributed by atoms with Crippen molar-refractivity contribution in [3.63, 3.8) is 0 Å². The number of nitrogens with zero attached hydrogens (tertiary/aromatic N) is 2. The van der Waals surface area contributed by atoms with Gasteiger partial charge in [0.2, 0.25) is 0 Å². The van der Waals surface area contributed by atoms with E-state index in [1.165, 1.54) is 0 Å². The van der Waals surface area contributed by atoms with Crippen molar-refractivity contribution in [1.82, 2.24) is 15.0 Å². The van der Waals surface area contributed by atoms with Crippen LogP contribution >= 0.6 is 12.6 Å². The van der Waals surface area contributed by atoms with E-state index in [-0.39, 0.29) is 5.25 Å². The van der Waals surface area contributed by atoms with Gasteiger partial charge in [0, 0.05) is 23.5 Å². The molecule has 4 aromatic rings. The number of aromatic amines is 1. The minimum atomic E-state index is -0.215. The van der Waals surface area contributed by atoms with Crippen molar-refractivity contribution in [2.24, 2.45) is 0 Å². The van der Waals surface area contributed by atoms with Gasteiger partial charge in [0.1, 0.15) is 17.3 Å². The molecule has 0 aliphatic heterocycles. The molecular weight excluding hydrogens is 382 g/mol. The topological polar surface area (TPSA) is 60.0 Å². The van der Waals surface area contributed by atoms with Gasteiger partial charge in [-0.3, -0.25) is 4.98 Å². The second-order valence-electron chi connectivity index (χ2n) is 6.49. The Morgan fingerprint density at radius 2 is 1.48 bits per heavy atom. The number of benzene rings is 2. The third-order valence-corrected chi connectivity index (χ3v) is 5.27. The van der Waals surface area contributed by atoms with Crippen molar-refractivity contribution in [2.45, 2.75) is 5.25 Å². The van der Waals surface area contributed by atoms with Crippen LogP contribution in [0, 0.1) is 0 Å². The van der Waals surface area contributed by atoms with Gasteiger partial charge >= 0.3 is 0 Å². The normalized spacial score (nSPS) is 11.8. The van der Waals surface area contributed by atoms with Crippen LogP contribution in [-0.4, -0.2) is 29.2 Å². The highest BCUT2D eigenvalue weighted by Gasteiger charge is 2.19. The molecule has 0 amide bonds. The number of hydrogen-bond donors (Lipinski definition) is 2. The molecule has 0 radical (unpaired) electrons. The third kappa shape index (κ3) is 3.98. The summed E-state index contributed by atoms with van der Waals surface area (Å²) in [4.78, 5) is 12.6. The zero-order valence-corrected chi connectivity index (χ0v) is 17.1. The fraction of sp³-hybridized carbons (Fsp3) is 0.130. The van der Waals surface area contributed by atoms with E-state index in [1.54, 1.807) is 26.6 Å². The van der Waals surface area contributed by atoms with Crippen molar-refractivity contribution < 1.29 is 9.47 Å². The van der Waals surface area contributed by atoms with E-state index in [9.17, 15) is 0 Å². The summed E-state index contributed by atoms with van der Waals surface area (Å²) in [6.07, 6.45) is 3.55. The standard InChI is InChI=1S/C23H21N3O2S/c1-27-18-9-5-15(6-10-18)20-21(16-7-11-19(28-2)12-8-16)26-23(25-20)22(29)17-4-3-13-24-14-17/h3-14,22,29H,1-2H3,(H,25,26). The molecule has 29 heavy (non-hydrogen) atoms. The number of rotatable bonds is 6. The zero-order valence-electron chi connectivity index (χ0n) is 16.2. The lowest BCUT2D eigenvalue weighted by Crippen LogP contribution is -1.96. The van der Waals surface area contributed by atoms with Gasteiger partial charge < -0.3 is 14.5 Å². The number of imidazole rings is 1. The van der Waals surface area contributed by atoms with Crippen LogP contribution < -0.4 is 9.47 Å². The maximum Gasteiger partial charge on any atom is 0.124 e. The van der Waals surface area contributed by atoms with Crippen molar-refractivity contribution in [3.05, 3.63) is 84.4 Å². The predicted molar refractivity (Wildman–Crippen MR) is 118 cm³/mol. The van der Waals surface area contributed by atoms with Crippen molar-refractivity contribution >= 4 is 12.6 Å². The van der Waals surface area contributed by atoms with Crippen LogP contribution in [-0.2, 0) is 0 Å². The number of ether oxygens (including phenoxy) is 2. The molecule has 1 unspecified atom stereocenters. The Hall–Kier alpha value is -3.25. The van der Waals surface area contributed by atoms with Gasteiger partial charge in [-0.05, 0) is 60.2 Å². The van der Waals surface area contributed by atoms with Gasteiger partial charge in [-0.25, -0.2) is 4.98 Å². The van der Waals surface area contributed by atoms with Crippen LogP contribution in [0.2, 0.25) is 0 Å². The lowest BCUT2D eigenvalue weighted by molar-refractivity contribution is 0.414. The molecule has 2 heterocycles. The van der Waals surface area contributed by atoms with Crippen molar-refractivity contribution in [3.8, 4) is 34.0 Å². The second-order valence-corrected chi connectivity index (χ2v) is 7.01. The number of hydrogen-bond acceptors (Lipinski definition) is 5. The Balaban J connectivity index is 1.81. The highest BCUT2D eigenvalue weighted by atomic mass is 32.1. The maximum atomic E-state index is 5.29. The van der Waals surface area contributed by atoms with Gasteiger partial charge in [-0.2, -0.15) is 12.6 Å². The summed E-state index contributed by atoms with van der Waals surface area (Å²) >= 11 is 4.78. The van der Waals surface area contributed by atoms with E-state index in [4.69, 9.17) is 27.1 Å². The van der Waals surface area contributed by atoms with Crippen LogP contribution in [0.4, 0.5) is 0 Å². The van der Waals surface area contributed by atoms with E-state index in [2.05, 4.69) is 9.97 Å². The van der Waals surface area contributed by atoms with E-state index in [1.807, 2.05) is 60.7 Å². The first-order valence-corrected chi connectivity index (χ1v) is 9.68. The SMILES string of the molecule is COc1ccc(-c2nc(C(S)c3cccnc3)[nH]c2-c2ccc(OC)cc2)cc1. The largest absolute Gasteiger partial charge is 0.497 e. The number of H-pyrrole nitrogens is 1. The predicted octanol–water partition coefficient (Wildman–Crippen LogP) is 5.18. The van der Waals surface area contributed by atoms with Gasteiger partial charge in [0.05, 0.1) is 30.9 Å². The lowest BCUT2D eigenvalue weighted by Gasteiger charge is -2.07. The van der Waals surface area contributed by atoms with Crippen LogP contribution in [0.5, 0.6) is 11.5 Å². The lowest BCUT2D eigenvalue weighted by atomic mass is 10.0.